The number of hydrogen-bond acceptors (Lipinski definition) is 5. The van der Waals surface area contributed by atoms with Crippen molar-refractivity contribution >= 4 is 32.4 Å². The number of amides is 1. The van der Waals surface area contributed by atoms with E-state index in [1.54, 1.807) is 16.4 Å². The molecule has 6 nitrogen and oxygen atoms in total. The van der Waals surface area contributed by atoms with Gasteiger partial charge in [-0.1, -0.05) is 13.3 Å². The van der Waals surface area contributed by atoms with E-state index >= 15 is 0 Å². The Morgan fingerprint density at radius 1 is 1.26 bits per heavy atom. The molecule has 0 saturated carbocycles. The quantitative estimate of drug-likeness (QED) is 0.813. The minimum Gasteiger partial charge on any atom is -0.298 e. The van der Waals surface area contributed by atoms with Crippen LogP contribution >= 0.6 is 11.3 Å². The van der Waals surface area contributed by atoms with Crippen LogP contribution in [0.5, 0.6) is 0 Å². The second kappa shape index (κ2) is 8.08. The molecule has 2 heterocycles. The number of anilines is 1. The molecule has 0 bridgehead atoms. The van der Waals surface area contributed by atoms with Crippen LogP contribution in [0, 0.1) is 13.8 Å². The van der Waals surface area contributed by atoms with Crippen LogP contribution < -0.4 is 5.32 Å². The Morgan fingerprint density at radius 2 is 1.96 bits per heavy atom. The first-order chi connectivity index (χ1) is 12.8. The van der Waals surface area contributed by atoms with Crippen LogP contribution in [0.4, 0.5) is 5.13 Å². The van der Waals surface area contributed by atoms with E-state index in [4.69, 9.17) is 0 Å². The molecule has 1 unspecified atom stereocenters. The summed E-state index contributed by atoms with van der Waals surface area (Å²) in [5.74, 6) is -0.294. The fourth-order valence-electron chi connectivity index (χ4n) is 3.31. The standard InChI is InChI=1S/C19H25N3O3S2/c1-4-16-7-5-6-12-22(16)27(24,25)17-10-8-15(9-11-17)18(23)21-19-20-13(2)14(3)26-19/h8-11,16H,4-7,12H2,1-3H3,(H,20,21,23). The average molecular weight is 408 g/mol. The van der Waals surface area contributed by atoms with E-state index in [0.29, 0.717) is 17.2 Å². The van der Waals surface area contributed by atoms with Gasteiger partial charge in [0.05, 0.1) is 10.6 Å². The topological polar surface area (TPSA) is 79.4 Å². The molecule has 0 aliphatic carbocycles. The van der Waals surface area contributed by atoms with Crippen molar-refractivity contribution in [2.45, 2.75) is 57.4 Å². The highest BCUT2D eigenvalue weighted by Crippen LogP contribution is 2.27. The summed E-state index contributed by atoms with van der Waals surface area (Å²) < 4.78 is 27.6. The molecule has 1 amide bonds. The number of carbonyl (C=O) groups excluding carboxylic acids is 1. The summed E-state index contributed by atoms with van der Waals surface area (Å²) in [6.45, 7) is 6.43. The number of benzene rings is 1. The number of hydrogen-bond donors (Lipinski definition) is 1. The van der Waals surface area contributed by atoms with Gasteiger partial charge in [0, 0.05) is 23.0 Å². The fraction of sp³-hybridized carbons (Fsp3) is 0.474. The van der Waals surface area contributed by atoms with Crippen LogP contribution in [0.1, 0.15) is 53.5 Å². The van der Waals surface area contributed by atoms with Crippen molar-refractivity contribution in [2.75, 3.05) is 11.9 Å². The van der Waals surface area contributed by atoms with Gasteiger partial charge in [-0.25, -0.2) is 13.4 Å². The van der Waals surface area contributed by atoms with Crippen molar-refractivity contribution in [2.24, 2.45) is 0 Å². The van der Waals surface area contributed by atoms with Crippen LogP contribution in [0.2, 0.25) is 0 Å². The zero-order valence-corrected chi connectivity index (χ0v) is 17.5. The predicted molar refractivity (Wildman–Crippen MR) is 108 cm³/mol. The lowest BCUT2D eigenvalue weighted by atomic mass is 10.0. The number of thiazole rings is 1. The van der Waals surface area contributed by atoms with Crippen molar-refractivity contribution < 1.29 is 13.2 Å². The normalized spacial score (nSPS) is 18.4. The molecular formula is C19H25N3O3S2. The van der Waals surface area contributed by atoms with Crippen LogP contribution in [0.25, 0.3) is 0 Å². The summed E-state index contributed by atoms with van der Waals surface area (Å²) in [5, 5.41) is 3.31. The van der Waals surface area contributed by atoms with Gasteiger partial charge >= 0.3 is 0 Å². The Kier molecular flexibility index (Phi) is 5.98. The molecule has 0 radical (unpaired) electrons. The number of carbonyl (C=O) groups is 1. The van der Waals surface area contributed by atoms with Gasteiger partial charge in [-0.3, -0.25) is 10.1 Å². The zero-order valence-electron chi connectivity index (χ0n) is 15.9. The Morgan fingerprint density at radius 3 is 2.56 bits per heavy atom. The Bertz CT molecular complexity index is 901. The monoisotopic (exact) mass is 407 g/mol. The van der Waals surface area contributed by atoms with E-state index in [1.165, 1.54) is 23.5 Å². The number of aromatic nitrogens is 1. The van der Waals surface area contributed by atoms with Gasteiger partial charge in [0.25, 0.3) is 5.91 Å². The second-order valence-electron chi connectivity index (χ2n) is 6.81. The highest BCUT2D eigenvalue weighted by atomic mass is 32.2. The Balaban J connectivity index is 1.76. The molecule has 27 heavy (non-hydrogen) atoms. The van der Waals surface area contributed by atoms with Crippen molar-refractivity contribution in [1.82, 2.24) is 9.29 Å². The number of rotatable bonds is 5. The highest BCUT2D eigenvalue weighted by molar-refractivity contribution is 7.89. The lowest BCUT2D eigenvalue weighted by Crippen LogP contribution is -2.43. The summed E-state index contributed by atoms with van der Waals surface area (Å²) in [6.07, 6.45) is 3.68. The van der Waals surface area contributed by atoms with Gasteiger partial charge in [-0.05, 0) is 57.4 Å². The first-order valence-electron chi connectivity index (χ1n) is 9.20. The van der Waals surface area contributed by atoms with Gasteiger partial charge in [-0.2, -0.15) is 4.31 Å². The molecule has 1 aromatic carbocycles. The number of nitrogens with zero attached hydrogens (tertiary/aromatic N) is 2. The maximum absolute atomic E-state index is 13.0. The largest absolute Gasteiger partial charge is 0.298 e. The SMILES string of the molecule is CCC1CCCCN1S(=O)(=O)c1ccc(C(=O)Nc2nc(C)c(C)s2)cc1. The minimum atomic E-state index is -3.54. The maximum atomic E-state index is 13.0. The highest BCUT2D eigenvalue weighted by Gasteiger charge is 2.32. The molecule has 3 rings (SSSR count). The van der Waals surface area contributed by atoms with Crippen LogP contribution in [-0.2, 0) is 10.0 Å². The molecule has 8 heteroatoms. The average Bonchev–Trinajstić information content (AvgIpc) is 2.98. The van der Waals surface area contributed by atoms with E-state index in [-0.39, 0.29) is 16.8 Å². The van der Waals surface area contributed by atoms with E-state index in [1.807, 2.05) is 20.8 Å². The summed E-state index contributed by atoms with van der Waals surface area (Å²) in [7, 11) is -3.54. The van der Waals surface area contributed by atoms with Gasteiger partial charge in [-0.15, -0.1) is 11.3 Å². The van der Waals surface area contributed by atoms with Crippen LogP contribution in [-0.4, -0.2) is 36.2 Å². The van der Waals surface area contributed by atoms with Crippen molar-refractivity contribution in [3.63, 3.8) is 0 Å². The van der Waals surface area contributed by atoms with Gasteiger partial charge in [0.1, 0.15) is 0 Å². The first kappa shape index (κ1) is 20.0. The lowest BCUT2D eigenvalue weighted by molar-refractivity contribution is 0.102. The molecule has 146 valence electrons. The summed E-state index contributed by atoms with van der Waals surface area (Å²) in [6, 6.07) is 6.21. The Hall–Kier alpha value is -1.77. The van der Waals surface area contributed by atoms with Crippen LogP contribution in [0.15, 0.2) is 29.2 Å². The molecule has 1 saturated heterocycles. The molecule has 1 aromatic heterocycles. The zero-order chi connectivity index (χ0) is 19.6. The molecule has 1 fully saturated rings. The molecule has 0 spiro atoms. The number of piperidine rings is 1. The smallest absolute Gasteiger partial charge is 0.257 e. The van der Waals surface area contributed by atoms with E-state index < -0.39 is 10.0 Å². The number of aryl methyl sites for hydroxylation is 2. The third-order valence-corrected chi connectivity index (χ3v) is 7.97. The molecule has 1 aliphatic heterocycles. The minimum absolute atomic E-state index is 0.0584. The molecule has 2 aromatic rings. The van der Waals surface area contributed by atoms with E-state index in [9.17, 15) is 13.2 Å². The first-order valence-corrected chi connectivity index (χ1v) is 11.5. The maximum Gasteiger partial charge on any atom is 0.257 e. The molecule has 1 aliphatic rings. The number of sulfonamides is 1. The van der Waals surface area contributed by atoms with Gasteiger partial charge < -0.3 is 0 Å². The Labute approximate surface area is 164 Å². The van der Waals surface area contributed by atoms with E-state index in [0.717, 1.165) is 36.3 Å². The number of nitrogens with one attached hydrogen (secondary N) is 1. The van der Waals surface area contributed by atoms with Crippen molar-refractivity contribution in [3.05, 3.63) is 40.4 Å². The fourth-order valence-corrected chi connectivity index (χ4v) is 5.88. The van der Waals surface area contributed by atoms with Gasteiger partial charge in [0.2, 0.25) is 10.0 Å². The third kappa shape index (κ3) is 4.23. The predicted octanol–water partition coefficient (Wildman–Crippen LogP) is 3.97. The summed E-state index contributed by atoms with van der Waals surface area (Å²) in [4.78, 5) is 18.0. The molecule has 1 atom stereocenters. The van der Waals surface area contributed by atoms with Crippen molar-refractivity contribution in [1.29, 1.82) is 0 Å². The lowest BCUT2D eigenvalue weighted by Gasteiger charge is -2.34. The van der Waals surface area contributed by atoms with Gasteiger partial charge in [0.15, 0.2) is 5.13 Å². The third-order valence-electron chi connectivity index (χ3n) is 5.02. The second-order valence-corrected chi connectivity index (χ2v) is 9.91. The van der Waals surface area contributed by atoms with E-state index in [2.05, 4.69) is 10.3 Å². The van der Waals surface area contributed by atoms with Crippen LogP contribution in [0.3, 0.4) is 0 Å². The molecular weight excluding hydrogens is 382 g/mol. The van der Waals surface area contributed by atoms with Crippen molar-refractivity contribution in [3.8, 4) is 0 Å². The molecule has 1 N–H and O–H groups in total. The summed E-state index contributed by atoms with van der Waals surface area (Å²) >= 11 is 1.42. The summed E-state index contributed by atoms with van der Waals surface area (Å²) in [5.41, 5.74) is 1.30.